The van der Waals surface area contributed by atoms with Gasteiger partial charge in [0, 0.05) is 6.61 Å². The van der Waals surface area contributed by atoms with Gasteiger partial charge >= 0.3 is 5.97 Å². The Bertz CT molecular complexity index is 221. The van der Waals surface area contributed by atoms with Crippen LogP contribution in [-0.4, -0.2) is 35.9 Å². The van der Waals surface area contributed by atoms with Crippen LogP contribution in [-0.2, 0) is 9.53 Å². The number of ether oxygens (including phenoxy) is 1. The van der Waals surface area contributed by atoms with Crippen LogP contribution in [0.4, 0.5) is 0 Å². The molecule has 4 nitrogen and oxygen atoms in total. The lowest BCUT2D eigenvalue weighted by atomic mass is 9.98. The van der Waals surface area contributed by atoms with Crippen molar-refractivity contribution in [2.45, 2.75) is 65.0 Å². The summed E-state index contributed by atoms with van der Waals surface area (Å²) in [6.07, 6.45) is 3.74. The van der Waals surface area contributed by atoms with E-state index in [1.165, 1.54) is 0 Å². The molecule has 4 heteroatoms. The van der Waals surface area contributed by atoms with Gasteiger partial charge < -0.3 is 15.2 Å². The summed E-state index contributed by atoms with van der Waals surface area (Å²) in [6, 6.07) is 0. The van der Waals surface area contributed by atoms with Crippen molar-refractivity contribution in [3.8, 4) is 0 Å². The van der Waals surface area contributed by atoms with Crippen molar-refractivity contribution < 1.29 is 14.6 Å². The summed E-state index contributed by atoms with van der Waals surface area (Å²) in [5, 5.41) is 12.3. The van der Waals surface area contributed by atoms with Gasteiger partial charge in [-0.1, -0.05) is 20.3 Å². The number of carboxylic acid groups (broad SMARTS) is 1. The minimum Gasteiger partial charge on any atom is -0.480 e. The van der Waals surface area contributed by atoms with Crippen molar-refractivity contribution in [1.29, 1.82) is 0 Å². The van der Waals surface area contributed by atoms with Crippen molar-refractivity contribution in [1.82, 2.24) is 5.32 Å². The average molecular weight is 245 g/mol. The molecule has 0 bridgehead atoms. The van der Waals surface area contributed by atoms with Gasteiger partial charge in [0.15, 0.2) is 0 Å². The van der Waals surface area contributed by atoms with Crippen LogP contribution in [0.15, 0.2) is 0 Å². The van der Waals surface area contributed by atoms with Crippen molar-refractivity contribution >= 4 is 5.97 Å². The molecule has 2 unspecified atom stereocenters. The molecule has 0 aliphatic rings. The number of rotatable bonds is 10. The molecule has 0 saturated heterocycles. The van der Waals surface area contributed by atoms with Crippen molar-refractivity contribution in [3.63, 3.8) is 0 Å². The molecule has 0 spiro atoms. The van der Waals surface area contributed by atoms with Crippen molar-refractivity contribution in [2.75, 3.05) is 13.2 Å². The highest BCUT2D eigenvalue weighted by Crippen LogP contribution is 2.12. The minimum atomic E-state index is -0.873. The summed E-state index contributed by atoms with van der Waals surface area (Å²) in [7, 11) is 0. The van der Waals surface area contributed by atoms with E-state index in [-0.39, 0.29) is 6.10 Å². The third-order valence-electron chi connectivity index (χ3n) is 2.94. The van der Waals surface area contributed by atoms with Crippen molar-refractivity contribution in [3.05, 3.63) is 0 Å². The number of hydrogen-bond donors (Lipinski definition) is 2. The average Bonchev–Trinajstić information content (AvgIpc) is 2.26. The topological polar surface area (TPSA) is 58.6 Å². The molecule has 0 heterocycles. The van der Waals surface area contributed by atoms with Crippen LogP contribution in [0.1, 0.15) is 53.4 Å². The van der Waals surface area contributed by atoms with E-state index in [2.05, 4.69) is 12.2 Å². The van der Waals surface area contributed by atoms with Gasteiger partial charge in [0.05, 0.1) is 6.10 Å². The molecule has 0 aromatic heterocycles. The van der Waals surface area contributed by atoms with Gasteiger partial charge in [0.25, 0.3) is 0 Å². The van der Waals surface area contributed by atoms with E-state index in [1.54, 1.807) is 6.92 Å². The quantitative estimate of drug-likeness (QED) is 0.620. The third kappa shape index (κ3) is 6.64. The summed E-state index contributed by atoms with van der Waals surface area (Å²) in [5.74, 6) is -0.808. The van der Waals surface area contributed by atoms with Crippen LogP contribution in [0.2, 0.25) is 0 Å². The maximum atomic E-state index is 11.2. The maximum Gasteiger partial charge on any atom is 0.323 e. The summed E-state index contributed by atoms with van der Waals surface area (Å²) in [4.78, 5) is 11.2. The van der Waals surface area contributed by atoms with Crippen LogP contribution in [0.3, 0.4) is 0 Å². The van der Waals surface area contributed by atoms with Crippen LogP contribution in [0.25, 0.3) is 0 Å². The molecule has 0 fully saturated rings. The normalized spacial score (nSPS) is 16.5. The molecular formula is C13H27NO3. The zero-order chi connectivity index (χ0) is 13.3. The van der Waals surface area contributed by atoms with Gasteiger partial charge in [0.2, 0.25) is 0 Å². The lowest BCUT2D eigenvalue weighted by Crippen LogP contribution is -2.50. The first-order chi connectivity index (χ1) is 7.96. The van der Waals surface area contributed by atoms with E-state index < -0.39 is 11.5 Å². The van der Waals surface area contributed by atoms with Crippen LogP contribution >= 0.6 is 0 Å². The van der Waals surface area contributed by atoms with Gasteiger partial charge in [-0.05, 0) is 39.7 Å². The summed E-state index contributed by atoms with van der Waals surface area (Å²) in [5.41, 5.74) is -0.873. The molecule has 17 heavy (non-hydrogen) atoms. The Morgan fingerprint density at radius 2 is 2.06 bits per heavy atom. The number of carbonyl (C=O) groups is 1. The summed E-state index contributed by atoms with van der Waals surface area (Å²) < 4.78 is 5.60. The third-order valence-corrected chi connectivity index (χ3v) is 2.94. The van der Waals surface area contributed by atoms with Gasteiger partial charge in [-0.3, -0.25) is 4.79 Å². The summed E-state index contributed by atoms with van der Waals surface area (Å²) >= 11 is 0. The van der Waals surface area contributed by atoms with E-state index in [0.29, 0.717) is 19.6 Å². The highest BCUT2D eigenvalue weighted by molar-refractivity contribution is 5.78. The molecule has 0 aromatic carbocycles. The first-order valence-corrected chi connectivity index (χ1v) is 6.56. The fourth-order valence-electron chi connectivity index (χ4n) is 1.63. The molecule has 0 aromatic rings. The number of carboxylic acids is 1. The highest BCUT2D eigenvalue weighted by atomic mass is 16.5. The standard InChI is InChI=1S/C13H27NO3/c1-5-7-11(3)17-10-8-13(4,12(15)16)14-9-6-2/h11,14H,5-10H2,1-4H3,(H,15,16). The monoisotopic (exact) mass is 245 g/mol. The summed E-state index contributed by atoms with van der Waals surface area (Å²) in [6.45, 7) is 9.09. The Labute approximate surface area is 105 Å². The fraction of sp³-hybridized carbons (Fsp3) is 0.923. The van der Waals surface area contributed by atoms with Gasteiger partial charge in [-0.15, -0.1) is 0 Å². The van der Waals surface area contributed by atoms with E-state index in [4.69, 9.17) is 4.74 Å². The zero-order valence-corrected chi connectivity index (χ0v) is 11.6. The van der Waals surface area contributed by atoms with E-state index in [1.807, 2.05) is 13.8 Å². The zero-order valence-electron chi connectivity index (χ0n) is 11.6. The second kappa shape index (κ2) is 8.48. The molecular weight excluding hydrogens is 218 g/mol. The number of nitrogens with one attached hydrogen (secondary N) is 1. The minimum absolute atomic E-state index is 0.212. The second-order valence-electron chi connectivity index (χ2n) is 4.78. The van der Waals surface area contributed by atoms with E-state index >= 15 is 0 Å². The van der Waals surface area contributed by atoms with E-state index in [0.717, 1.165) is 19.3 Å². The molecule has 0 radical (unpaired) electrons. The predicted octanol–water partition coefficient (Wildman–Crippen LogP) is 2.42. The Balaban J connectivity index is 4.04. The molecule has 102 valence electrons. The predicted molar refractivity (Wildman–Crippen MR) is 69.3 cm³/mol. The smallest absolute Gasteiger partial charge is 0.323 e. The number of aliphatic carboxylic acids is 1. The fourth-order valence-corrected chi connectivity index (χ4v) is 1.63. The lowest BCUT2D eigenvalue weighted by Gasteiger charge is -2.26. The molecule has 0 aliphatic carbocycles. The first kappa shape index (κ1) is 16.4. The largest absolute Gasteiger partial charge is 0.480 e. The first-order valence-electron chi connectivity index (χ1n) is 6.56. The van der Waals surface area contributed by atoms with Crippen LogP contribution in [0, 0.1) is 0 Å². The number of hydrogen-bond acceptors (Lipinski definition) is 3. The van der Waals surface area contributed by atoms with Gasteiger partial charge in [-0.25, -0.2) is 0 Å². The Hall–Kier alpha value is -0.610. The van der Waals surface area contributed by atoms with Crippen LogP contribution < -0.4 is 5.32 Å². The molecule has 0 amide bonds. The Morgan fingerprint density at radius 3 is 2.53 bits per heavy atom. The Morgan fingerprint density at radius 1 is 1.41 bits per heavy atom. The highest BCUT2D eigenvalue weighted by Gasteiger charge is 2.31. The Kier molecular flexibility index (Phi) is 8.17. The van der Waals surface area contributed by atoms with Crippen LogP contribution in [0.5, 0.6) is 0 Å². The maximum absolute atomic E-state index is 11.2. The van der Waals surface area contributed by atoms with E-state index in [9.17, 15) is 9.90 Å². The van der Waals surface area contributed by atoms with Crippen molar-refractivity contribution in [2.24, 2.45) is 0 Å². The van der Waals surface area contributed by atoms with Gasteiger partial charge in [-0.2, -0.15) is 0 Å². The molecule has 0 rings (SSSR count). The molecule has 0 aliphatic heterocycles. The second-order valence-corrected chi connectivity index (χ2v) is 4.78. The lowest BCUT2D eigenvalue weighted by molar-refractivity contribution is -0.145. The van der Waals surface area contributed by atoms with Gasteiger partial charge in [0.1, 0.15) is 5.54 Å². The SMILES string of the molecule is CCCNC(C)(CCOC(C)CCC)C(=O)O. The molecule has 2 atom stereocenters. The molecule has 0 saturated carbocycles. The molecule has 2 N–H and O–H groups in total.